The van der Waals surface area contributed by atoms with Gasteiger partial charge in [0.25, 0.3) is 0 Å². The average molecular weight is 284 g/mol. The molecule has 1 heterocycles. The lowest BCUT2D eigenvalue weighted by molar-refractivity contribution is 0.464. The first-order chi connectivity index (χ1) is 7.66. The zero-order chi connectivity index (χ0) is 12.0. The summed E-state index contributed by atoms with van der Waals surface area (Å²) in [5.41, 5.74) is 0. The van der Waals surface area contributed by atoms with Gasteiger partial charge < -0.3 is 0 Å². The Morgan fingerprint density at radius 2 is 1.81 bits per heavy atom. The number of rotatable bonds is 7. The second-order valence-corrected chi connectivity index (χ2v) is 6.54. The summed E-state index contributed by atoms with van der Waals surface area (Å²) in [6.07, 6.45) is 7.43. The van der Waals surface area contributed by atoms with Gasteiger partial charge in [0.15, 0.2) is 0 Å². The Balaban J connectivity index is 2.10. The molecule has 94 valence electrons. The lowest BCUT2D eigenvalue weighted by Gasteiger charge is -2.13. The molecule has 0 aromatic heterocycles. The van der Waals surface area contributed by atoms with Crippen molar-refractivity contribution in [2.75, 3.05) is 13.1 Å². The van der Waals surface area contributed by atoms with Gasteiger partial charge >= 0.3 is 0 Å². The summed E-state index contributed by atoms with van der Waals surface area (Å²) >= 11 is 11.6. The van der Waals surface area contributed by atoms with E-state index in [1.807, 2.05) is 4.31 Å². The van der Waals surface area contributed by atoms with Crippen molar-refractivity contribution in [2.45, 2.75) is 45.4 Å². The Kier molecular flexibility index (Phi) is 6.97. The fourth-order valence-electron chi connectivity index (χ4n) is 1.71. The Morgan fingerprint density at radius 1 is 1.19 bits per heavy atom. The minimum Gasteiger partial charge on any atom is -0.236 e. The molecule has 1 rings (SSSR count). The Hall–Kier alpha value is 0.430. The second-order valence-electron chi connectivity index (χ2n) is 4.06. The van der Waals surface area contributed by atoms with E-state index in [9.17, 15) is 4.21 Å². The molecule has 0 radical (unpaired) electrons. The monoisotopic (exact) mass is 283 g/mol. The molecule has 0 fully saturated rings. The highest BCUT2D eigenvalue weighted by molar-refractivity contribution is 7.88. The molecule has 0 aromatic carbocycles. The summed E-state index contributed by atoms with van der Waals surface area (Å²) in [7, 11) is -1.20. The molecule has 0 bridgehead atoms. The first-order valence-corrected chi connectivity index (χ1v) is 7.74. The van der Waals surface area contributed by atoms with Crippen LogP contribution in [0.3, 0.4) is 0 Å². The molecular weight excluding hydrogens is 265 g/mol. The maximum absolute atomic E-state index is 11.6. The average Bonchev–Trinajstić information content (AvgIpc) is 2.51. The van der Waals surface area contributed by atoms with Gasteiger partial charge in [-0.25, -0.2) is 8.51 Å². The van der Waals surface area contributed by atoms with Crippen LogP contribution in [0.2, 0.25) is 0 Å². The zero-order valence-corrected chi connectivity index (χ0v) is 12.0. The number of hydrogen-bond acceptors (Lipinski definition) is 1. The van der Waals surface area contributed by atoms with Gasteiger partial charge in [-0.15, -0.1) is 0 Å². The molecule has 0 spiro atoms. The molecule has 2 nitrogen and oxygen atoms in total. The second kappa shape index (κ2) is 7.70. The van der Waals surface area contributed by atoms with E-state index in [1.54, 1.807) is 0 Å². The molecule has 16 heavy (non-hydrogen) atoms. The highest BCUT2D eigenvalue weighted by Gasteiger charge is 2.26. The van der Waals surface area contributed by atoms with E-state index in [0.29, 0.717) is 15.9 Å². The molecule has 1 atom stereocenters. The van der Waals surface area contributed by atoms with E-state index < -0.39 is 11.0 Å². The van der Waals surface area contributed by atoms with Crippen LogP contribution in [0.4, 0.5) is 0 Å². The molecule has 0 unspecified atom stereocenters. The Bertz CT molecular complexity index is 281. The summed E-state index contributed by atoms with van der Waals surface area (Å²) in [6, 6.07) is 0. The van der Waals surface area contributed by atoms with Crippen LogP contribution in [0.5, 0.6) is 0 Å². The van der Waals surface area contributed by atoms with Crippen molar-refractivity contribution in [3.05, 3.63) is 9.40 Å². The van der Waals surface area contributed by atoms with Gasteiger partial charge in [-0.2, -0.15) is 0 Å². The van der Waals surface area contributed by atoms with Gasteiger partial charge in [-0.05, 0) is 6.42 Å². The lowest BCUT2D eigenvalue weighted by atomic mass is 10.1. The minimum atomic E-state index is -1.20. The minimum absolute atomic E-state index is 0.313. The fourth-order valence-corrected chi connectivity index (χ4v) is 3.50. The third kappa shape index (κ3) is 4.36. The molecule has 5 heteroatoms. The Morgan fingerprint density at radius 3 is 2.38 bits per heavy atom. The zero-order valence-electron chi connectivity index (χ0n) is 9.68. The normalized spacial score (nSPS) is 22.1. The highest BCUT2D eigenvalue weighted by atomic mass is 35.5. The topological polar surface area (TPSA) is 20.3 Å². The van der Waals surface area contributed by atoms with Gasteiger partial charge in [-0.1, -0.05) is 62.2 Å². The van der Waals surface area contributed by atoms with Crippen molar-refractivity contribution in [2.24, 2.45) is 0 Å². The van der Waals surface area contributed by atoms with Crippen molar-refractivity contribution in [3.63, 3.8) is 0 Å². The van der Waals surface area contributed by atoms with Crippen LogP contribution >= 0.6 is 23.2 Å². The SMILES string of the molecule is CCCCCCCCN1CC(Cl)=C(Cl)[S@@]1=O. The van der Waals surface area contributed by atoms with Gasteiger partial charge in [0.2, 0.25) is 0 Å². The third-order valence-electron chi connectivity index (χ3n) is 2.68. The van der Waals surface area contributed by atoms with Crippen molar-refractivity contribution >= 4 is 34.2 Å². The smallest absolute Gasteiger partial charge is 0.140 e. The lowest BCUT2D eigenvalue weighted by Crippen LogP contribution is -2.23. The molecule has 0 saturated carbocycles. The highest BCUT2D eigenvalue weighted by Crippen LogP contribution is 2.28. The molecular formula is C11H19Cl2NOS. The van der Waals surface area contributed by atoms with Crippen LogP contribution < -0.4 is 0 Å². The largest absolute Gasteiger partial charge is 0.236 e. The fraction of sp³-hybridized carbons (Fsp3) is 0.818. The van der Waals surface area contributed by atoms with E-state index >= 15 is 0 Å². The molecule has 0 saturated heterocycles. The molecule has 0 aliphatic carbocycles. The van der Waals surface area contributed by atoms with Crippen molar-refractivity contribution in [3.8, 4) is 0 Å². The first-order valence-electron chi connectivity index (χ1n) is 5.87. The summed E-state index contributed by atoms with van der Waals surface area (Å²) in [5, 5.41) is 0.533. The van der Waals surface area contributed by atoms with E-state index in [1.165, 1.54) is 32.1 Å². The van der Waals surface area contributed by atoms with Crippen LogP contribution in [0, 0.1) is 0 Å². The molecule has 1 aliphatic heterocycles. The van der Waals surface area contributed by atoms with Gasteiger partial charge in [0.1, 0.15) is 15.3 Å². The van der Waals surface area contributed by atoms with Crippen molar-refractivity contribution in [1.29, 1.82) is 0 Å². The van der Waals surface area contributed by atoms with Crippen LogP contribution in [0.15, 0.2) is 9.40 Å². The van der Waals surface area contributed by atoms with Crippen LogP contribution in [0.1, 0.15) is 45.4 Å². The predicted molar refractivity (Wildman–Crippen MR) is 71.8 cm³/mol. The summed E-state index contributed by atoms with van der Waals surface area (Å²) in [5.74, 6) is 0. The standard InChI is InChI=1S/C11H19Cl2NOS/c1-2-3-4-5-6-7-8-14-9-10(12)11(13)16(14)15/h2-9H2,1H3/t16-/m0/s1. The maximum atomic E-state index is 11.6. The van der Waals surface area contributed by atoms with E-state index in [0.717, 1.165) is 13.0 Å². The van der Waals surface area contributed by atoms with Crippen molar-refractivity contribution < 1.29 is 4.21 Å². The van der Waals surface area contributed by atoms with Crippen LogP contribution in [-0.2, 0) is 11.0 Å². The summed E-state index contributed by atoms with van der Waals surface area (Å²) < 4.78 is 13.8. The number of halogens is 2. The maximum Gasteiger partial charge on any atom is 0.140 e. The van der Waals surface area contributed by atoms with E-state index in [2.05, 4.69) is 6.92 Å². The van der Waals surface area contributed by atoms with Crippen molar-refractivity contribution in [1.82, 2.24) is 4.31 Å². The van der Waals surface area contributed by atoms with Crippen LogP contribution in [0.25, 0.3) is 0 Å². The number of hydrogen-bond donors (Lipinski definition) is 0. The van der Waals surface area contributed by atoms with E-state index in [4.69, 9.17) is 23.2 Å². The number of unbranched alkanes of at least 4 members (excludes halogenated alkanes) is 5. The molecule has 0 aromatic rings. The Labute approximate surface area is 111 Å². The van der Waals surface area contributed by atoms with Crippen LogP contribution in [-0.4, -0.2) is 21.6 Å². The summed E-state index contributed by atoms with van der Waals surface area (Å²) in [6.45, 7) is 3.58. The molecule has 1 aliphatic rings. The molecule has 0 amide bonds. The predicted octanol–water partition coefficient (Wildman–Crippen LogP) is 3.97. The van der Waals surface area contributed by atoms with Gasteiger partial charge in [0, 0.05) is 13.1 Å². The van der Waals surface area contributed by atoms with Gasteiger partial charge in [-0.3, -0.25) is 0 Å². The third-order valence-corrected chi connectivity index (χ3v) is 5.15. The first kappa shape index (κ1) is 14.5. The summed E-state index contributed by atoms with van der Waals surface area (Å²) in [4.78, 5) is 0. The van der Waals surface area contributed by atoms with E-state index in [-0.39, 0.29) is 0 Å². The van der Waals surface area contributed by atoms with Gasteiger partial charge in [0.05, 0.1) is 5.03 Å². The molecule has 0 N–H and O–H groups in total. The quantitative estimate of drug-likeness (QED) is 0.648. The number of nitrogens with zero attached hydrogens (tertiary/aromatic N) is 1.